The summed E-state index contributed by atoms with van der Waals surface area (Å²) >= 11 is 0. The number of aromatic nitrogens is 3. The molecule has 1 aromatic rings. The van der Waals surface area contributed by atoms with Gasteiger partial charge in [0.1, 0.15) is 5.82 Å². The molecule has 0 fully saturated rings. The SMILES string of the molecule is C=CCNC(=NC)NCCCn1nc2n(c1=O)CCCC2.I. The van der Waals surface area contributed by atoms with Crippen LogP contribution in [0.3, 0.4) is 0 Å². The van der Waals surface area contributed by atoms with Crippen molar-refractivity contribution in [3.63, 3.8) is 0 Å². The molecule has 1 aliphatic rings. The molecule has 1 aliphatic heterocycles. The number of hydrogen-bond acceptors (Lipinski definition) is 3. The molecule has 22 heavy (non-hydrogen) atoms. The highest BCUT2D eigenvalue weighted by Gasteiger charge is 2.15. The Morgan fingerprint density at radius 2 is 2.27 bits per heavy atom. The van der Waals surface area contributed by atoms with Crippen LogP contribution in [0, 0.1) is 0 Å². The average Bonchev–Trinajstić information content (AvgIpc) is 2.83. The first-order chi connectivity index (χ1) is 10.3. The average molecular weight is 420 g/mol. The normalized spacial score (nSPS) is 14.0. The Kier molecular flexibility index (Phi) is 8.21. The Morgan fingerprint density at radius 1 is 1.45 bits per heavy atom. The summed E-state index contributed by atoms with van der Waals surface area (Å²) in [6.45, 7) is 6.50. The maximum Gasteiger partial charge on any atom is 0.345 e. The van der Waals surface area contributed by atoms with Crippen LogP contribution in [0.2, 0.25) is 0 Å². The topological polar surface area (TPSA) is 76.2 Å². The summed E-state index contributed by atoms with van der Waals surface area (Å²) in [5, 5.41) is 10.7. The molecule has 2 rings (SSSR count). The minimum absolute atomic E-state index is 0. The lowest BCUT2D eigenvalue weighted by molar-refractivity contribution is 0.509. The van der Waals surface area contributed by atoms with Gasteiger partial charge in [-0.1, -0.05) is 6.08 Å². The summed E-state index contributed by atoms with van der Waals surface area (Å²) in [5.41, 5.74) is 0.0267. The van der Waals surface area contributed by atoms with E-state index in [1.165, 1.54) is 0 Å². The quantitative estimate of drug-likeness (QED) is 0.234. The van der Waals surface area contributed by atoms with Crippen molar-refractivity contribution < 1.29 is 0 Å². The molecule has 0 spiro atoms. The highest BCUT2D eigenvalue weighted by Crippen LogP contribution is 2.09. The van der Waals surface area contributed by atoms with Crippen molar-refractivity contribution in [1.29, 1.82) is 0 Å². The van der Waals surface area contributed by atoms with E-state index in [1.54, 1.807) is 17.8 Å². The summed E-state index contributed by atoms with van der Waals surface area (Å²) in [4.78, 5) is 16.2. The number of nitrogens with zero attached hydrogens (tertiary/aromatic N) is 4. The molecular weight excluding hydrogens is 395 g/mol. The largest absolute Gasteiger partial charge is 0.356 e. The minimum Gasteiger partial charge on any atom is -0.356 e. The summed E-state index contributed by atoms with van der Waals surface area (Å²) in [7, 11) is 1.73. The Morgan fingerprint density at radius 3 is 2.95 bits per heavy atom. The van der Waals surface area contributed by atoms with Gasteiger partial charge in [-0.3, -0.25) is 9.56 Å². The van der Waals surface area contributed by atoms with Gasteiger partial charge in [-0.05, 0) is 19.3 Å². The third-order valence-electron chi connectivity index (χ3n) is 3.51. The molecule has 0 aromatic carbocycles. The molecule has 124 valence electrons. The standard InChI is InChI=1S/C14H24N6O.HI/c1-3-8-16-13(15-2)17-9-6-11-20-14(21)19-10-5-4-7-12(19)18-20;/h3H,1,4-11H2,2H3,(H2,15,16,17);1H. The zero-order valence-corrected chi connectivity index (χ0v) is 15.4. The Balaban J connectivity index is 0.00000242. The van der Waals surface area contributed by atoms with Gasteiger partial charge >= 0.3 is 5.69 Å². The second-order valence-electron chi connectivity index (χ2n) is 5.05. The lowest BCUT2D eigenvalue weighted by Gasteiger charge is -2.09. The van der Waals surface area contributed by atoms with Crippen molar-refractivity contribution in [1.82, 2.24) is 25.0 Å². The maximum absolute atomic E-state index is 12.1. The van der Waals surface area contributed by atoms with Crippen LogP contribution >= 0.6 is 24.0 Å². The monoisotopic (exact) mass is 420 g/mol. The maximum atomic E-state index is 12.1. The number of aliphatic imine (C=N–C) groups is 1. The van der Waals surface area contributed by atoms with Gasteiger partial charge in [0.2, 0.25) is 0 Å². The van der Waals surface area contributed by atoms with Gasteiger partial charge < -0.3 is 10.6 Å². The van der Waals surface area contributed by atoms with Gasteiger partial charge in [-0.25, -0.2) is 9.48 Å². The third-order valence-corrected chi connectivity index (χ3v) is 3.51. The highest BCUT2D eigenvalue weighted by molar-refractivity contribution is 14.0. The number of rotatable bonds is 6. The van der Waals surface area contributed by atoms with Crippen LogP contribution in [0.15, 0.2) is 22.4 Å². The Hall–Kier alpha value is -1.32. The van der Waals surface area contributed by atoms with Gasteiger partial charge in [-0.15, -0.1) is 30.6 Å². The second kappa shape index (κ2) is 9.65. The summed E-state index contributed by atoms with van der Waals surface area (Å²) in [6.07, 6.45) is 5.72. The highest BCUT2D eigenvalue weighted by atomic mass is 127. The second-order valence-corrected chi connectivity index (χ2v) is 5.05. The zero-order valence-electron chi connectivity index (χ0n) is 13.0. The molecule has 0 saturated carbocycles. The fourth-order valence-corrected chi connectivity index (χ4v) is 2.42. The molecule has 0 saturated heterocycles. The summed E-state index contributed by atoms with van der Waals surface area (Å²) < 4.78 is 3.39. The van der Waals surface area contributed by atoms with E-state index in [0.29, 0.717) is 13.1 Å². The number of aryl methyl sites for hydroxylation is 2. The molecule has 8 heteroatoms. The van der Waals surface area contributed by atoms with Gasteiger partial charge in [0, 0.05) is 39.6 Å². The summed E-state index contributed by atoms with van der Waals surface area (Å²) in [6, 6.07) is 0. The fraction of sp³-hybridized carbons (Fsp3) is 0.643. The van der Waals surface area contributed by atoms with E-state index in [0.717, 1.165) is 50.6 Å². The van der Waals surface area contributed by atoms with Crippen LogP contribution in [0.5, 0.6) is 0 Å². The Bertz CT molecular complexity index is 562. The van der Waals surface area contributed by atoms with Crippen LogP contribution in [0.25, 0.3) is 0 Å². The molecular formula is C14H25IN6O. The number of hydrogen-bond donors (Lipinski definition) is 2. The lowest BCUT2D eigenvalue weighted by atomic mass is 10.2. The number of fused-ring (bicyclic) bond motifs is 1. The van der Waals surface area contributed by atoms with Crippen LogP contribution in [0.4, 0.5) is 0 Å². The van der Waals surface area contributed by atoms with E-state index in [1.807, 2.05) is 4.57 Å². The van der Waals surface area contributed by atoms with Crippen molar-refractivity contribution in [2.24, 2.45) is 4.99 Å². The smallest absolute Gasteiger partial charge is 0.345 e. The minimum atomic E-state index is 0. The first kappa shape index (κ1) is 18.7. The van der Waals surface area contributed by atoms with Crippen molar-refractivity contribution in [3.8, 4) is 0 Å². The molecule has 2 heterocycles. The number of guanidine groups is 1. The molecule has 0 radical (unpaired) electrons. The molecule has 7 nitrogen and oxygen atoms in total. The molecule has 0 unspecified atom stereocenters. The van der Waals surface area contributed by atoms with Crippen LogP contribution in [-0.4, -0.2) is 40.4 Å². The Labute approximate surface area is 147 Å². The van der Waals surface area contributed by atoms with Gasteiger partial charge in [0.05, 0.1) is 0 Å². The van der Waals surface area contributed by atoms with E-state index in [4.69, 9.17) is 0 Å². The predicted octanol–water partition coefficient (Wildman–Crippen LogP) is 0.740. The molecule has 0 bridgehead atoms. The molecule has 1 aromatic heterocycles. The fourth-order valence-electron chi connectivity index (χ4n) is 2.42. The van der Waals surface area contributed by atoms with E-state index < -0.39 is 0 Å². The van der Waals surface area contributed by atoms with Crippen LogP contribution < -0.4 is 16.3 Å². The van der Waals surface area contributed by atoms with E-state index in [2.05, 4.69) is 27.3 Å². The molecule has 0 aliphatic carbocycles. The van der Waals surface area contributed by atoms with E-state index in [9.17, 15) is 4.79 Å². The predicted molar refractivity (Wildman–Crippen MR) is 99.0 cm³/mol. The first-order valence-electron chi connectivity index (χ1n) is 7.48. The number of nitrogens with one attached hydrogen (secondary N) is 2. The van der Waals surface area contributed by atoms with Gasteiger partial charge in [0.15, 0.2) is 5.96 Å². The van der Waals surface area contributed by atoms with Crippen molar-refractivity contribution in [2.45, 2.75) is 38.8 Å². The lowest BCUT2D eigenvalue weighted by Crippen LogP contribution is -2.38. The van der Waals surface area contributed by atoms with Crippen molar-refractivity contribution >= 4 is 29.9 Å². The van der Waals surface area contributed by atoms with Crippen LogP contribution in [-0.2, 0) is 19.5 Å². The molecule has 0 atom stereocenters. The van der Waals surface area contributed by atoms with Crippen LogP contribution in [0.1, 0.15) is 25.1 Å². The third kappa shape index (κ3) is 4.85. The molecule has 2 N–H and O–H groups in total. The van der Waals surface area contributed by atoms with Gasteiger partial charge in [0.25, 0.3) is 0 Å². The molecule has 0 amide bonds. The van der Waals surface area contributed by atoms with Crippen molar-refractivity contribution in [2.75, 3.05) is 20.1 Å². The van der Waals surface area contributed by atoms with Crippen molar-refractivity contribution in [3.05, 3.63) is 29.0 Å². The summed E-state index contributed by atoms with van der Waals surface area (Å²) in [5.74, 6) is 1.68. The first-order valence-corrected chi connectivity index (χ1v) is 7.48. The number of halogens is 1. The van der Waals surface area contributed by atoms with E-state index in [-0.39, 0.29) is 29.7 Å². The van der Waals surface area contributed by atoms with E-state index >= 15 is 0 Å². The van der Waals surface area contributed by atoms with Gasteiger partial charge in [-0.2, -0.15) is 5.10 Å². The zero-order chi connectivity index (χ0) is 15.1.